The van der Waals surface area contributed by atoms with Gasteiger partial charge in [-0.05, 0) is 81.9 Å². The molecular weight excluding hydrogens is 524 g/mol. The van der Waals surface area contributed by atoms with E-state index in [0.717, 1.165) is 44.1 Å². The van der Waals surface area contributed by atoms with Crippen molar-refractivity contribution < 1.29 is 24.2 Å². The number of allylic oxidation sites excluding steroid dienone is 12. The van der Waals surface area contributed by atoms with Crippen LogP contribution in [0.15, 0.2) is 91.1 Å². The molecule has 0 aliphatic heterocycles. The molecule has 0 fully saturated rings. The molecule has 0 spiro atoms. The molecule has 1 aromatic carbocycles. The predicted octanol–water partition coefficient (Wildman–Crippen LogP) is 9.70. The van der Waals surface area contributed by atoms with Crippen LogP contribution in [-0.2, 0) is 9.59 Å². The molecule has 1 atom stereocenters. The number of hydrogen-bond acceptors (Lipinski definition) is 4. The molecule has 0 heterocycles. The standard InChI is InChI=1S/C37H50O5/c1-5-6-7-8-9-10-11-12-13-14-15-16-17-18-19-20-21-22-23-24-33(38)29-32(27-30(2)3)37(41)42-35-28-31(4)25-26-34(35)36(39)40/h6-7,9-10,12-13,15-16,18-19,21-22,25-26,28,30,32H,5,8,11,14,17,20,23-24,27,29H2,1-4H3,(H,39,40)/b7-6-,10-9-,13-12-,16-15-,19-18-,22-21-. The largest absolute Gasteiger partial charge is 0.478 e. The molecule has 1 unspecified atom stereocenters. The summed E-state index contributed by atoms with van der Waals surface area (Å²) in [5.41, 5.74) is 0.719. The van der Waals surface area contributed by atoms with Gasteiger partial charge in [-0.1, -0.05) is 99.7 Å². The molecule has 1 aromatic rings. The van der Waals surface area contributed by atoms with E-state index in [4.69, 9.17) is 4.74 Å². The lowest BCUT2D eigenvalue weighted by atomic mass is 9.91. The van der Waals surface area contributed by atoms with E-state index >= 15 is 0 Å². The van der Waals surface area contributed by atoms with Gasteiger partial charge in [0.1, 0.15) is 17.1 Å². The smallest absolute Gasteiger partial charge is 0.339 e. The summed E-state index contributed by atoms with van der Waals surface area (Å²) in [5, 5.41) is 9.42. The maximum Gasteiger partial charge on any atom is 0.339 e. The summed E-state index contributed by atoms with van der Waals surface area (Å²) >= 11 is 0. The van der Waals surface area contributed by atoms with Crippen LogP contribution >= 0.6 is 0 Å². The van der Waals surface area contributed by atoms with Crippen molar-refractivity contribution >= 4 is 17.7 Å². The highest BCUT2D eigenvalue weighted by molar-refractivity contribution is 5.92. The molecule has 5 nitrogen and oxygen atoms in total. The SMILES string of the molecule is CC/C=C\C/C=C\C/C=C\C/C=C\C/C=C\C/C=C\CCC(=O)CC(CC(C)C)C(=O)Oc1cc(C)ccc1C(=O)O. The number of ether oxygens (including phenoxy) is 1. The Balaban J connectivity index is 2.35. The molecule has 0 saturated heterocycles. The van der Waals surface area contributed by atoms with Crippen LogP contribution in [0.2, 0.25) is 0 Å². The number of esters is 1. The lowest BCUT2D eigenvalue weighted by Gasteiger charge is -2.18. The molecule has 228 valence electrons. The number of hydrogen-bond donors (Lipinski definition) is 1. The first-order chi connectivity index (χ1) is 20.2. The third kappa shape index (κ3) is 17.9. The number of carboxylic acid groups (broad SMARTS) is 1. The molecule has 0 radical (unpaired) electrons. The molecule has 1 rings (SSSR count). The van der Waals surface area contributed by atoms with E-state index < -0.39 is 17.9 Å². The molecule has 0 bridgehead atoms. The minimum absolute atomic E-state index is 0.000158. The highest BCUT2D eigenvalue weighted by Crippen LogP contribution is 2.25. The van der Waals surface area contributed by atoms with Gasteiger partial charge in [0.05, 0.1) is 5.92 Å². The molecule has 0 saturated carbocycles. The van der Waals surface area contributed by atoms with Gasteiger partial charge in [-0.2, -0.15) is 0 Å². The second kappa shape index (κ2) is 22.9. The average Bonchev–Trinajstić information content (AvgIpc) is 2.93. The second-order valence-corrected chi connectivity index (χ2v) is 10.7. The van der Waals surface area contributed by atoms with Crippen molar-refractivity contribution in [2.75, 3.05) is 0 Å². The van der Waals surface area contributed by atoms with Crippen molar-refractivity contribution in [3.8, 4) is 5.75 Å². The third-order valence-corrected chi connectivity index (χ3v) is 6.33. The van der Waals surface area contributed by atoms with Crippen LogP contribution in [0.1, 0.15) is 101 Å². The molecule has 42 heavy (non-hydrogen) atoms. The van der Waals surface area contributed by atoms with E-state index in [1.165, 1.54) is 12.1 Å². The molecule has 1 N–H and O–H groups in total. The predicted molar refractivity (Wildman–Crippen MR) is 174 cm³/mol. The quantitative estimate of drug-likeness (QED) is 0.0898. The van der Waals surface area contributed by atoms with E-state index in [2.05, 4.69) is 67.7 Å². The molecule has 0 amide bonds. The summed E-state index contributed by atoms with van der Waals surface area (Å²) in [6.45, 7) is 7.91. The topological polar surface area (TPSA) is 80.7 Å². The van der Waals surface area contributed by atoms with Gasteiger partial charge in [-0.15, -0.1) is 0 Å². The van der Waals surface area contributed by atoms with Gasteiger partial charge in [0.25, 0.3) is 0 Å². The third-order valence-electron chi connectivity index (χ3n) is 6.33. The summed E-state index contributed by atoms with van der Waals surface area (Å²) in [4.78, 5) is 37.1. The van der Waals surface area contributed by atoms with E-state index in [-0.39, 0.29) is 29.4 Å². The Kier molecular flexibility index (Phi) is 19.8. The van der Waals surface area contributed by atoms with E-state index in [0.29, 0.717) is 19.3 Å². The Morgan fingerprint density at radius 1 is 0.786 bits per heavy atom. The van der Waals surface area contributed by atoms with Crippen LogP contribution < -0.4 is 4.74 Å². The molecular formula is C37H50O5. The minimum atomic E-state index is -1.16. The van der Waals surface area contributed by atoms with Gasteiger partial charge >= 0.3 is 11.9 Å². The number of benzene rings is 1. The van der Waals surface area contributed by atoms with Crippen LogP contribution in [0.25, 0.3) is 0 Å². The van der Waals surface area contributed by atoms with Crippen molar-refractivity contribution in [1.29, 1.82) is 0 Å². The Hall–Kier alpha value is -3.73. The van der Waals surface area contributed by atoms with Crippen LogP contribution in [0.5, 0.6) is 5.75 Å². The highest BCUT2D eigenvalue weighted by Gasteiger charge is 2.26. The number of rotatable bonds is 21. The monoisotopic (exact) mass is 574 g/mol. The Morgan fingerprint density at radius 2 is 1.29 bits per heavy atom. The normalized spacial score (nSPS) is 13.2. The lowest BCUT2D eigenvalue weighted by Crippen LogP contribution is -2.25. The van der Waals surface area contributed by atoms with Crippen molar-refractivity contribution in [1.82, 2.24) is 0 Å². The van der Waals surface area contributed by atoms with E-state index in [1.54, 1.807) is 13.0 Å². The highest BCUT2D eigenvalue weighted by atomic mass is 16.5. The van der Waals surface area contributed by atoms with E-state index in [1.807, 2.05) is 26.0 Å². The van der Waals surface area contributed by atoms with Crippen molar-refractivity contribution in [2.45, 2.75) is 91.9 Å². The number of carboxylic acids is 1. The summed E-state index contributed by atoms with van der Waals surface area (Å²) in [7, 11) is 0. The van der Waals surface area contributed by atoms with Gasteiger partial charge in [0, 0.05) is 12.8 Å². The van der Waals surface area contributed by atoms with Gasteiger partial charge in [-0.25, -0.2) is 4.79 Å². The average molecular weight is 575 g/mol. The zero-order valence-electron chi connectivity index (χ0n) is 26.0. The summed E-state index contributed by atoms with van der Waals surface area (Å²) in [6, 6.07) is 4.62. The lowest BCUT2D eigenvalue weighted by molar-refractivity contribution is -0.141. The number of Topliss-reactive ketones (excluding diaryl/α,β-unsaturated/α-hetero) is 1. The van der Waals surface area contributed by atoms with Gasteiger partial charge in [0.2, 0.25) is 0 Å². The Bertz CT molecular complexity index is 1130. The summed E-state index contributed by atoms with van der Waals surface area (Å²) < 4.78 is 5.49. The second-order valence-electron chi connectivity index (χ2n) is 10.7. The fourth-order valence-corrected chi connectivity index (χ4v) is 4.18. The first kappa shape index (κ1) is 36.3. The van der Waals surface area contributed by atoms with Crippen molar-refractivity contribution in [2.24, 2.45) is 11.8 Å². The maximum atomic E-state index is 12.9. The van der Waals surface area contributed by atoms with Crippen molar-refractivity contribution in [3.63, 3.8) is 0 Å². The maximum absolute atomic E-state index is 12.9. The van der Waals surface area contributed by atoms with Gasteiger partial charge in [0.15, 0.2) is 0 Å². The number of carbonyl (C=O) groups excluding carboxylic acids is 2. The first-order valence-corrected chi connectivity index (χ1v) is 15.2. The summed E-state index contributed by atoms with van der Waals surface area (Å²) in [6.07, 6.45) is 33.0. The van der Waals surface area contributed by atoms with Crippen LogP contribution in [0.4, 0.5) is 0 Å². The van der Waals surface area contributed by atoms with Crippen LogP contribution in [0.3, 0.4) is 0 Å². The molecule has 0 aliphatic carbocycles. The Labute approximate surface area is 253 Å². The fourth-order valence-electron chi connectivity index (χ4n) is 4.18. The van der Waals surface area contributed by atoms with Crippen LogP contribution in [0, 0.1) is 18.8 Å². The van der Waals surface area contributed by atoms with Gasteiger partial charge in [-0.3, -0.25) is 9.59 Å². The summed E-state index contributed by atoms with van der Waals surface area (Å²) in [5.74, 6) is -2.11. The number of aromatic carboxylic acids is 1. The molecule has 5 heteroatoms. The van der Waals surface area contributed by atoms with Crippen molar-refractivity contribution in [3.05, 3.63) is 102 Å². The van der Waals surface area contributed by atoms with Gasteiger partial charge < -0.3 is 9.84 Å². The fraction of sp³-hybridized carbons (Fsp3) is 0.432. The Morgan fingerprint density at radius 3 is 1.76 bits per heavy atom. The number of aryl methyl sites for hydroxylation is 1. The molecule has 0 aromatic heterocycles. The minimum Gasteiger partial charge on any atom is -0.478 e. The number of carbonyl (C=O) groups is 3. The molecule has 0 aliphatic rings. The number of ketones is 1. The van der Waals surface area contributed by atoms with Crippen LogP contribution in [-0.4, -0.2) is 22.8 Å². The van der Waals surface area contributed by atoms with E-state index in [9.17, 15) is 19.5 Å². The zero-order chi connectivity index (χ0) is 31.0. The first-order valence-electron chi connectivity index (χ1n) is 15.2. The zero-order valence-corrected chi connectivity index (χ0v) is 26.0.